The third-order valence-electron chi connectivity index (χ3n) is 4.97. The molecule has 0 N–H and O–H groups in total. The molecular weight excluding hydrogens is 342 g/mol. The van der Waals surface area contributed by atoms with Crippen LogP contribution in [0.3, 0.4) is 0 Å². The molecule has 1 fully saturated rings. The monoisotopic (exact) mass is 363 g/mol. The molecule has 0 saturated heterocycles. The maximum Gasteiger partial charge on any atom is 0.230 e. The lowest BCUT2D eigenvalue weighted by atomic mass is 9.80. The molecule has 27 heavy (non-hydrogen) atoms. The van der Waals surface area contributed by atoms with Gasteiger partial charge in [-0.15, -0.1) is 0 Å². The second-order valence-corrected chi connectivity index (χ2v) is 7.00. The van der Waals surface area contributed by atoms with Crippen molar-refractivity contribution in [2.45, 2.75) is 38.7 Å². The van der Waals surface area contributed by atoms with Gasteiger partial charge in [-0.2, -0.15) is 4.98 Å². The highest BCUT2D eigenvalue weighted by Gasteiger charge is 2.31. The SMILES string of the molecule is C[C@H]1CC(=O)CC[C@@H]1c1nc(-c2ccc(OCc3cccnc3)cc2)no1. The predicted molar refractivity (Wildman–Crippen MR) is 99.1 cm³/mol. The third kappa shape index (κ3) is 4.05. The van der Waals surface area contributed by atoms with Gasteiger partial charge in [-0.3, -0.25) is 9.78 Å². The molecule has 1 aliphatic rings. The van der Waals surface area contributed by atoms with Gasteiger partial charge >= 0.3 is 0 Å². The Bertz CT molecular complexity index is 906. The van der Waals surface area contributed by atoms with E-state index in [1.165, 1.54) is 0 Å². The zero-order chi connectivity index (χ0) is 18.6. The Kier molecular flexibility index (Phi) is 4.96. The first-order chi connectivity index (χ1) is 13.2. The number of carbonyl (C=O) groups is 1. The van der Waals surface area contributed by atoms with Gasteiger partial charge in [-0.1, -0.05) is 18.1 Å². The fourth-order valence-corrected chi connectivity index (χ4v) is 3.42. The standard InChI is InChI=1S/C21H21N3O3/c1-14-11-17(25)6-9-19(14)21-23-20(24-27-21)16-4-7-18(8-5-16)26-13-15-3-2-10-22-12-15/h2-5,7-8,10,12,14,19H,6,9,11,13H2,1H3/t14-,19-/m0/s1. The van der Waals surface area contributed by atoms with Gasteiger partial charge < -0.3 is 9.26 Å². The number of pyridine rings is 1. The first-order valence-electron chi connectivity index (χ1n) is 9.16. The fourth-order valence-electron chi connectivity index (χ4n) is 3.42. The number of hydrogen-bond donors (Lipinski definition) is 0. The maximum absolute atomic E-state index is 11.6. The first-order valence-corrected chi connectivity index (χ1v) is 9.16. The fraction of sp³-hybridized carbons (Fsp3) is 0.333. The summed E-state index contributed by atoms with van der Waals surface area (Å²) in [5.74, 6) is 2.68. The molecule has 0 unspecified atom stereocenters. The van der Waals surface area contributed by atoms with E-state index in [0.29, 0.717) is 36.9 Å². The molecule has 0 radical (unpaired) electrons. The van der Waals surface area contributed by atoms with E-state index in [-0.39, 0.29) is 11.8 Å². The highest BCUT2D eigenvalue weighted by Crippen LogP contribution is 2.36. The van der Waals surface area contributed by atoms with Crippen molar-refractivity contribution >= 4 is 5.78 Å². The Morgan fingerprint density at radius 3 is 2.81 bits per heavy atom. The van der Waals surface area contributed by atoms with Gasteiger partial charge in [0.25, 0.3) is 0 Å². The van der Waals surface area contributed by atoms with Crippen molar-refractivity contribution in [3.8, 4) is 17.1 Å². The number of Topliss-reactive ketones (excluding diaryl/α,β-unsaturated/α-hetero) is 1. The van der Waals surface area contributed by atoms with Crippen LogP contribution in [-0.4, -0.2) is 20.9 Å². The highest BCUT2D eigenvalue weighted by atomic mass is 16.5. The first kappa shape index (κ1) is 17.4. The summed E-state index contributed by atoms with van der Waals surface area (Å²) >= 11 is 0. The molecule has 2 heterocycles. The molecule has 0 aliphatic heterocycles. The summed E-state index contributed by atoms with van der Waals surface area (Å²) in [6, 6.07) is 11.5. The van der Waals surface area contributed by atoms with Gasteiger partial charge in [0.1, 0.15) is 18.1 Å². The topological polar surface area (TPSA) is 78.1 Å². The summed E-state index contributed by atoms with van der Waals surface area (Å²) in [6.45, 7) is 2.54. The van der Waals surface area contributed by atoms with Crippen LogP contribution in [0.4, 0.5) is 0 Å². The second kappa shape index (κ2) is 7.70. The number of ether oxygens (including phenoxy) is 1. The molecule has 0 amide bonds. The van der Waals surface area contributed by atoms with Gasteiger partial charge in [0.2, 0.25) is 11.7 Å². The molecule has 0 spiro atoms. The van der Waals surface area contributed by atoms with Gasteiger partial charge in [-0.25, -0.2) is 0 Å². The summed E-state index contributed by atoms with van der Waals surface area (Å²) in [5, 5.41) is 4.12. The van der Waals surface area contributed by atoms with Crippen molar-refractivity contribution in [1.29, 1.82) is 0 Å². The molecule has 2 aromatic heterocycles. The van der Waals surface area contributed by atoms with Crippen LogP contribution >= 0.6 is 0 Å². The smallest absolute Gasteiger partial charge is 0.230 e. The van der Waals surface area contributed by atoms with E-state index in [9.17, 15) is 4.79 Å². The van der Waals surface area contributed by atoms with Gasteiger partial charge in [-0.05, 0) is 42.7 Å². The Morgan fingerprint density at radius 1 is 1.22 bits per heavy atom. The minimum absolute atomic E-state index is 0.158. The summed E-state index contributed by atoms with van der Waals surface area (Å²) in [4.78, 5) is 20.2. The Morgan fingerprint density at radius 2 is 2.07 bits per heavy atom. The van der Waals surface area contributed by atoms with Crippen molar-refractivity contribution in [2.24, 2.45) is 5.92 Å². The molecule has 2 atom stereocenters. The number of hydrogen-bond acceptors (Lipinski definition) is 6. The van der Waals surface area contributed by atoms with E-state index >= 15 is 0 Å². The Hall–Kier alpha value is -3.02. The molecule has 0 bridgehead atoms. The van der Waals surface area contributed by atoms with Crippen LogP contribution in [0, 0.1) is 5.92 Å². The summed E-state index contributed by atoms with van der Waals surface area (Å²) in [6.07, 6.45) is 5.49. The minimum Gasteiger partial charge on any atom is -0.489 e. The van der Waals surface area contributed by atoms with Crippen LogP contribution in [0.2, 0.25) is 0 Å². The predicted octanol–water partition coefficient (Wildman–Crippen LogP) is 4.18. The van der Waals surface area contributed by atoms with Gasteiger partial charge in [0.15, 0.2) is 0 Å². The van der Waals surface area contributed by atoms with Crippen molar-refractivity contribution in [3.05, 3.63) is 60.2 Å². The average Bonchev–Trinajstić information content (AvgIpc) is 3.17. The van der Waals surface area contributed by atoms with Crippen molar-refractivity contribution in [2.75, 3.05) is 0 Å². The van der Waals surface area contributed by atoms with Crippen LogP contribution in [0.15, 0.2) is 53.3 Å². The molecule has 1 aliphatic carbocycles. The van der Waals surface area contributed by atoms with Crippen LogP contribution in [-0.2, 0) is 11.4 Å². The van der Waals surface area contributed by atoms with E-state index in [4.69, 9.17) is 9.26 Å². The van der Waals surface area contributed by atoms with Gasteiger partial charge in [0, 0.05) is 42.3 Å². The van der Waals surface area contributed by atoms with Crippen molar-refractivity contribution < 1.29 is 14.1 Å². The molecule has 6 nitrogen and oxygen atoms in total. The third-order valence-corrected chi connectivity index (χ3v) is 4.97. The molecule has 1 aromatic carbocycles. The Labute approximate surface area is 157 Å². The van der Waals surface area contributed by atoms with Crippen LogP contribution in [0.5, 0.6) is 5.75 Å². The average molecular weight is 363 g/mol. The maximum atomic E-state index is 11.6. The van der Waals surface area contributed by atoms with Crippen molar-refractivity contribution in [1.82, 2.24) is 15.1 Å². The van der Waals surface area contributed by atoms with E-state index < -0.39 is 0 Å². The zero-order valence-electron chi connectivity index (χ0n) is 15.2. The lowest BCUT2D eigenvalue weighted by Crippen LogP contribution is -2.21. The van der Waals surface area contributed by atoms with Crippen molar-refractivity contribution in [3.63, 3.8) is 0 Å². The van der Waals surface area contributed by atoms with E-state index in [1.807, 2.05) is 36.4 Å². The van der Waals surface area contributed by atoms with E-state index in [1.54, 1.807) is 12.4 Å². The Balaban J connectivity index is 1.42. The lowest BCUT2D eigenvalue weighted by molar-refractivity contribution is -0.121. The number of benzene rings is 1. The summed E-state index contributed by atoms with van der Waals surface area (Å²) in [7, 11) is 0. The number of rotatable bonds is 5. The molecular formula is C21H21N3O3. The molecule has 4 rings (SSSR count). The number of ketones is 1. The molecule has 138 valence electrons. The molecule has 3 aromatic rings. The highest BCUT2D eigenvalue weighted by molar-refractivity contribution is 5.79. The van der Waals surface area contributed by atoms with Gasteiger partial charge in [0.05, 0.1) is 0 Å². The molecule has 1 saturated carbocycles. The quantitative estimate of drug-likeness (QED) is 0.676. The zero-order valence-corrected chi connectivity index (χ0v) is 15.2. The normalized spacial score (nSPS) is 19.8. The van der Waals surface area contributed by atoms with Crippen LogP contribution in [0.1, 0.15) is 43.6 Å². The largest absolute Gasteiger partial charge is 0.489 e. The number of carbonyl (C=O) groups excluding carboxylic acids is 1. The van der Waals surface area contributed by atoms with E-state index in [0.717, 1.165) is 23.3 Å². The van der Waals surface area contributed by atoms with E-state index in [2.05, 4.69) is 22.0 Å². The number of aromatic nitrogens is 3. The number of nitrogens with zero attached hydrogens (tertiary/aromatic N) is 3. The second-order valence-electron chi connectivity index (χ2n) is 7.00. The van der Waals surface area contributed by atoms with Crippen LogP contribution in [0.25, 0.3) is 11.4 Å². The summed E-state index contributed by atoms with van der Waals surface area (Å²) in [5.41, 5.74) is 1.89. The van der Waals surface area contributed by atoms with Crippen LogP contribution < -0.4 is 4.74 Å². The molecule has 6 heteroatoms. The summed E-state index contributed by atoms with van der Waals surface area (Å²) < 4.78 is 11.3. The minimum atomic E-state index is 0.158. The lowest BCUT2D eigenvalue weighted by Gasteiger charge is -2.24.